The Balaban J connectivity index is 1.44. The van der Waals surface area contributed by atoms with Gasteiger partial charge in [-0.1, -0.05) is 30.0 Å². The number of fused-ring (bicyclic) bond motifs is 1. The van der Waals surface area contributed by atoms with Gasteiger partial charge in [-0.3, -0.25) is 9.79 Å². The summed E-state index contributed by atoms with van der Waals surface area (Å²) in [5, 5.41) is 3.26. The number of hydrogen-bond donors (Lipinski definition) is 1. The third kappa shape index (κ3) is 2.95. The fourth-order valence-corrected chi connectivity index (χ4v) is 4.39. The first-order valence-electron chi connectivity index (χ1n) is 8.12. The fourth-order valence-electron chi connectivity index (χ4n) is 3.27. The van der Waals surface area contributed by atoms with Crippen molar-refractivity contribution >= 4 is 22.8 Å². The standard InChI is InChI=1S/C17H18F2N2O2S/c18-17(19,11-6-7-11)14-12-9-24-16(20-13(12)8-23-14)21-15(22)10-4-2-1-3-5-10/h1-5,11-14H,6-9H2,(H,20,21,22). The van der Waals surface area contributed by atoms with E-state index in [1.807, 2.05) is 6.07 Å². The molecule has 0 aromatic heterocycles. The number of thioether (sulfide) groups is 1. The van der Waals surface area contributed by atoms with Crippen molar-refractivity contribution < 1.29 is 18.3 Å². The summed E-state index contributed by atoms with van der Waals surface area (Å²) >= 11 is 1.32. The number of aliphatic imine (C=N–C) groups is 1. The zero-order valence-corrected chi connectivity index (χ0v) is 13.8. The van der Waals surface area contributed by atoms with Crippen molar-refractivity contribution in [3.63, 3.8) is 0 Å². The second kappa shape index (κ2) is 6.11. The quantitative estimate of drug-likeness (QED) is 0.910. The van der Waals surface area contributed by atoms with Crippen molar-refractivity contribution in [3.05, 3.63) is 35.9 Å². The summed E-state index contributed by atoms with van der Waals surface area (Å²) in [6, 6.07) is 8.55. The molecule has 0 spiro atoms. The molecule has 24 heavy (non-hydrogen) atoms. The van der Waals surface area contributed by atoms with Gasteiger partial charge >= 0.3 is 0 Å². The van der Waals surface area contributed by atoms with Crippen molar-refractivity contribution in [3.8, 4) is 0 Å². The summed E-state index contributed by atoms with van der Waals surface area (Å²) < 4.78 is 34.1. The van der Waals surface area contributed by atoms with Gasteiger partial charge in [0.2, 0.25) is 0 Å². The van der Waals surface area contributed by atoms with E-state index in [4.69, 9.17) is 4.74 Å². The average molecular weight is 352 g/mol. The van der Waals surface area contributed by atoms with Crippen LogP contribution in [0.2, 0.25) is 0 Å². The van der Waals surface area contributed by atoms with Gasteiger partial charge in [-0.25, -0.2) is 8.78 Å². The summed E-state index contributed by atoms with van der Waals surface area (Å²) in [4.78, 5) is 16.6. The van der Waals surface area contributed by atoms with Gasteiger partial charge in [-0.2, -0.15) is 0 Å². The molecule has 1 aromatic carbocycles. The molecule has 1 aliphatic carbocycles. The number of carbonyl (C=O) groups excluding carboxylic acids is 1. The molecule has 3 aliphatic rings. The molecule has 2 aliphatic heterocycles. The fraction of sp³-hybridized carbons (Fsp3) is 0.529. The number of alkyl halides is 2. The van der Waals surface area contributed by atoms with Crippen LogP contribution in [0.5, 0.6) is 0 Å². The van der Waals surface area contributed by atoms with Crippen molar-refractivity contribution in [2.24, 2.45) is 16.8 Å². The van der Waals surface area contributed by atoms with E-state index in [9.17, 15) is 13.6 Å². The summed E-state index contributed by atoms with van der Waals surface area (Å²) in [6.07, 6.45) is 0.121. The number of halogens is 2. The first-order chi connectivity index (χ1) is 11.6. The minimum atomic E-state index is -2.76. The number of amidine groups is 1. The predicted molar refractivity (Wildman–Crippen MR) is 88.5 cm³/mol. The largest absolute Gasteiger partial charge is 0.369 e. The van der Waals surface area contributed by atoms with Crippen LogP contribution in [0.3, 0.4) is 0 Å². The van der Waals surface area contributed by atoms with E-state index in [-0.39, 0.29) is 24.5 Å². The minimum absolute atomic E-state index is 0.197. The molecule has 0 bridgehead atoms. The van der Waals surface area contributed by atoms with Crippen LogP contribution in [0, 0.1) is 11.8 Å². The number of ether oxygens (including phenoxy) is 1. The second-order valence-corrected chi connectivity index (χ2v) is 7.51. The highest BCUT2D eigenvalue weighted by Crippen LogP contribution is 2.50. The Bertz CT molecular complexity index is 664. The van der Waals surface area contributed by atoms with E-state index < -0.39 is 17.9 Å². The lowest BCUT2D eigenvalue weighted by Gasteiger charge is -2.30. The molecule has 1 aromatic rings. The van der Waals surface area contributed by atoms with E-state index in [1.165, 1.54) is 11.8 Å². The molecule has 0 radical (unpaired) electrons. The Morgan fingerprint density at radius 1 is 1.29 bits per heavy atom. The number of rotatable bonds is 3. The number of hydrogen-bond acceptors (Lipinski definition) is 4. The van der Waals surface area contributed by atoms with E-state index >= 15 is 0 Å². The molecule has 2 heterocycles. The van der Waals surface area contributed by atoms with Crippen LogP contribution in [0.25, 0.3) is 0 Å². The number of carbonyl (C=O) groups is 1. The monoisotopic (exact) mass is 352 g/mol. The zero-order valence-electron chi connectivity index (χ0n) is 13.0. The number of amides is 1. The molecule has 1 N–H and O–H groups in total. The molecule has 3 atom stereocenters. The van der Waals surface area contributed by atoms with E-state index in [0.717, 1.165) is 0 Å². The van der Waals surface area contributed by atoms with Crippen LogP contribution in [0.15, 0.2) is 35.3 Å². The van der Waals surface area contributed by atoms with Crippen LogP contribution in [-0.4, -0.2) is 41.5 Å². The highest BCUT2D eigenvalue weighted by atomic mass is 32.2. The molecular formula is C17H18F2N2O2S. The maximum Gasteiger partial charge on any atom is 0.276 e. The molecule has 1 saturated heterocycles. The third-order valence-electron chi connectivity index (χ3n) is 4.78. The second-order valence-electron chi connectivity index (χ2n) is 6.50. The number of benzene rings is 1. The topological polar surface area (TPSA) is 50.7 Å². The van der Waals surface area contributed by atoms with Gasteiger partial charge in [0.25, 0.3) is 11.8 Å². The zero-order chi connectivity index (χ0) is 16.7. The van der Waals surface area contributed by atoms with Crippen molar-refractivity contribution in [1.29, 1.82) is 0 Å². The lowest BCUT2D eigenvalue weighted by Crippen LogP contribution is -2.44. The lowest BCUT2D eigenvalue weighted by molar-refractivity contribution is -0.141. The van der Waals surface area contributed by atoms with Gasteiger partial charge in [0, 0.05) is 23.2 Å². The summed E-state index contributed by atoms with van der Waals surface area (Å²) in [5.41, 5.74) is 0.545. The summed E-state index contributed by atoms with van der Waals surface area (Å²) in [6.45, 7) is 0.197. The molecule has 1 saturated carbocycles. The highest BCUT2D eigenvalue weighted by Gasteiger charge is 2.59. The van der Waals surface area contributed by atoms with E-state index in [1.54, 1.807) is 24.3 Å². The Morgan fingerprint density at radius 2 is 2.04 bits per heavy atom. The minimum Gasteiger partial charge on any atom is -0.369 e. The molecular weight excluding hydrogens is 334 g/mol. The van der Waals surface area contributed by atoms with Crippen LogP contribution in [0.1, 0.15) is 23.2 Å². The Kier molecular flexibility index (Phi) is 4.08. The molecule has 4 rings (SSSR count). The van der Waals surface area contributed by atoms with E-state index in [2.05, 4.69) is 10.3 Å². The Morgan fingerprint density at radius 3 is 2.75 bits per heavy atom. The normalized spacial score (nSPS) is 29.8. The maximum atomic E-state index is 14.4. The summed E-state index contributed by atoms with van der Waals surface area (Å²) in [7, 11) is 0. The summed E-state index contributed by atoms with van der Waals surface area (Å²) in [5.74, 6) is -3.33. The van der Waals surface area contributed by atoms with Gasteiger partial charge in [-0.15, -0.1) is 0 Å². The highest BCUT2D eigenvalue weighted by molar-refractivity contribution is 8.13. The molecule has 7 heteroatoms. The molecule has 3 unspecified atom stereocenters. The van der Waals surface area contributed by atoms with Crippen molar-refractivity contribution in [2.45, 2.75) is 30.9 Å². The first kappa shape index (κ1) is 16.0. The van der Waals surface area contributed by atoms with Crippen LogP contribution in [0.4, 0.5) is 8.78 Å². The maximum absolute atomic E-state index is 14.4. The molecule has 4 nitrogen and oxygen atoms in total. The molecule has 128 valence electrons. The average Bonchev–Trinajstić information content (AvgIpc) is 3.36. The van der Waals surface area contributed by atoms with Crippen LogP contribution in [-0.2, 0) is 4.74 Å². The molecule has 2 fully saturated rings. The van der Waals surface area contributed by atoms with Crippen molar-refractivity contribution in [2.75, 3.05) is 12.4 Å². The van der Waals surface area contributed by atoms with Gasteiger partial charge in [-0.05, 0) is 25.0 Å². The Hall–Kier alpha value is -1.47. The third-order valence-corrected chi connectivity index (χ3v) is 5.82. The van der Waals surface area contributed by atoms with E-state index in [0.29, 0.717) is 29.3 Å². The van der Waals surface area contributed by atoms with Gasteiger partial charge in [0.1, 0.15) is 6.10 Å². The number of nitrogens with zero attached hydrogens (tertiary/aromatic N) is 1. The van der Waals surface area contributed by atoms with Crippen LogP contribution >= 0.6 is 11.8 Å². The lowest BCUT2D eigenvalue weighted by atomic mass is 9.92. The van der Waals surface area contributed by atoms with Gasteiger partial charge < -0.3 is 10.1 Å². The predicted octanol–water partition coefficient (Wildman–Crippen LogP) is 2.95. The van der Waals surface area contributed by atoms with Crippen molar-refractivity contribution in [1.82, 2.24) is 5.32 Å². The smallest absolute Gasteiger partial charge is 0.276 e. The van der Waals surface area contributed by atoms with Gasteiger partial charge in [0.05, 0.1) is 12.6 Å². The van der Waals surface area contributed by atoms with Crippen LogP contribution < -0.4 is 5.32 Å². The first-order valence-corrected chi connectivity index (χ1v) is 9.10. The number of nitrogens with one attached hydrogen (secondary N) is 1. The molecule has 1 amide bonds. The van der Waals surface area contributed by atoms with Gasteiger partial charge in [0.15, 0.2) is 5.17 Å². The Labute approximate surface area is 143 Å². The SMILES string of the molecule is O=C(NC1=NC2COC(C(F)(F)C3CC3)C2CS1)c1ccccc1.